The van der Waals surface area contributed by atoms with Crippen LogP contribution in [0, 0.1) is 0 Å². The highest BCUT2D eigenvalue weighted by molar-refractivity contribution is 7.99. The molecule has 0 unspecified atom stereocenters. The van der Waals surface area contributed by atoms with Crippen LogP contribution in [0.25, 0.3) is 0 Å². The number of carbonyl (C=O) groups excluding carboxylic acids is 1. The molecule has 3 nitrogen and oxygen atoms in total. The van der Waals surface area contributed by atoms with E-state index in [-0.39, 0.29) is 5.91 Å². The van der Waals surface area contributed by atoms with Crippen molar-refractivity contribution >= 4 is 23.4 Å². The van der Waals surface area contributed by atoms with Gasteiger partial charge in [-0.05, 0) is 50.3 Å². The second kappa shape index (κ2) is 7.14. The topological polar surface area (TPSA) is 32.3 Å². The minimum atomic E-state index is -0.0193. The van der Waals surface area contributed by atoms with Crippen LogP contribution >= 0.6 is 11.8 Å². The lowest BCUT2D eigenvalue weighted by atomic mass is 10.1. The first kappa shape index (κ1) is 15.4. The van der Waals surface area contributed by atoms with Gasteiger partial charge in [-0.1, -0.05) is 12.1 Å². The first-order valence-electron chi connectivity index (χ1n) is 7.18. The maximum absolute atomic E-state index is 11.1. The fourth-order valence-electron chi connectivity index (χ4n) is 2.90. The van der Waals surface area contributed by atoms with Crippen LogP contribution in [0.4, 0.5) is 5.69 Å². The maximum atomic E-state index is 11.1. The molecule has 2 rings (SSSR count). The lowest BCUT2D eigenvalue weighted by Crippen LogP contribution is -2.29. The summed E-state index contributed by atoms with van der Waals surface area (Å²) in [6.45, 7) is 2.49. The van der Waals surface area contributed by atoms with Crippen LogP contribution in [0.2, 0.25) is 0 Å². The Morgan fingerprint density at radius 2 is 2.25 bits per heavy atom. The zero-order valence-electron chi connectivity index (χ0n) is 12.6. The zero-order chi connectivity index (χ0) is 14.5. The number of thioether (sulfide) groups is 1. The summed E-state index contributed by atoms with van der Waals surface area (Å²) < 4.78 is 0. The highest BCUT2D eigenvalue weighted by Crippen LogP contribution is 2.31. The molecule has 1 saturated carbocycles. The Bertz CT molecular complexity index is 464. The van der Waals surface area contributed by atoms with E-state index in [1.165, 1.54) is 24.8 Å². The molecule has 110 valence electrons. The molecular formula is C16H24N2OS. The quantitative estimate of drug-likeness (QED) is 0.903. The average molecular weight is 292 g/mol. The van der Waals surface area contributed by atoms with Gasteiger partial charge in [-0.15, -0.1) is 0 Å². The lowest BCUT2D eigenvalue weighted by molar-refractivity contribution is -0.114. The monoisotopic (exact) mass is 292 g/mol. The zero-order valence-corrected chi connectivity index (χ0v) is 13.4. The van der Waals surface area contributed by atoms with Gasteiger partial charge in [0.05, 0.1) is 0 Å². The number of anilines is 1. The highest BCUT2D eigenvalue weighted by atomic mass is 32.2. The third-order valence-electron chi connectivity index (χ3n) is 3.99. The second-order valence-corrected chi connectivity index (χ2v) is 6.76. The van der Waals surface area contributed by atoms with E-state index in [1.807, 2.05) is 23.9 Å². The van der Waals surface area contributed by atoms with Gasteiger partial charge in [-0.25, -0.2) is 0 Å². The molecule has 1 aliphatic rings. The molecule has 1 aromatic carbocycles. The van der Waals surface area contributed by atoms with Crippen molar-refractivity contribution in [1.82, 2.24) is 4.90 Å². The van der Waals surface area contributed by atoms with Crippen LogP contribution < -0.4 is 5.32 Å². The van der Waals surface area contributed by atoms with Crippen molar-refractivity contribution in [2.24, 2.45) is 0 Å². The number of benzene rings is 1. The van der Waals surface area contributed by atoms with E-state index in [0.717, 1.165) is 17.5 Å². The maximum Gasteiger partial charge on any atom is 0.221 e. The highest BCUT2D eigenvalue weighted by Gasteiger charge is 2.26. The summed E-state index contributed by atoms with van der Waals surface area (Å²) in [4.78, 5) is 13.5. The van der Waals surface area contributed by atoms with E-state index in [1.54, 1.807) is 6.92 Å². The second-order valence-electron chi connectivity index (χ2n) is 5.62. The van der Waals surface area contributed by atoms with Crippen molar-refractivity contribution in [3.63, 3.8) is 0 Å². The Labute approximate surface area is 126 Å². The van der Waals surface area contributed by atoms with E-state index in [9.17, 15) is 4.79 Å². The smallest absolute Gasteiger partial charge is 0.221 e. The third kappa shape index (κ3) is 4.25. The molecule has 4 heteroatoms. The molecule has 2 atom stereocenters. The van der Waals surface area contributed by atoms with Crippen molar-refractivity contribution in [2.45, 2.75) is 44.0 Å². The minimum Gasteiger partial charge on any atom is -0.326 e. The number of amides is 1. The van der Waals surface area contributed by atoms with Crippen molar-refractivity contribution in [3.8, 4) is 0 Å². The van der Waals surface area contributed by atoms with Crippen LogP contribution in [0.5, 0.6) is 0 Å². The molecule has 1 amide bonds. The number of rotatable bonds is 5. The number of carbonyl (C=O) groups is 1. The van der Waals surface area contributed by atoms with Gasteiger partial charge in [0.1, 0.15) is 0 Å². The van der Waals surface area contributed by atoms with Crippen molar-refractivity contribution < 1.29 is 4.79 Å². The number of hydrogen-bond acceptors (Lipinski definition) is 3. The normalized spacial score (nSPS) is 22.2. The van der Waals surface area contributed by atoms with Gasteiger partial charge in [0.2, 0.25) is 5.91 Å². The fraction of sp³-hybridized carbons (Fsp3) is 0.562. The number of nitrogens with zero attached hydrogens (tertiary/aromatic N) is 1. The van der Waals surface area contributed by atoms with Gasteiger partial charge in [0, 0.05) is 30.4 Å². The largest absolute Gasteiger partial charge is 0.326 e. The summed E-state index contributed by atoms with van der Waals surface area (Å²) in [5, 5.41) is 3.67. The van der Waals surface area contributed by atoms with Gasteiger partial charge in [0.25, 0.3) is 0 Å². The molecule has 1 fully saturated rings. The molecular weight excluding hydrogens is 268 g/mol. The Hall–Kier alpha value is -1.00. The van der Waals surface area contributed by atoms with E-state index in [4.69, 9.17) is 0 Å². The summed E-state index contributed by atoms with van der Waals surface area (Å²) in [6, 6.07) is 8.83. The molecule has 20 heavy (non-hydrogen) atoms. The van der Waals surface area contributed by atoms with Gasteiger partial charge in [-0.3, -0.25) is 9.69 Å². The van der Waals surface area contributed by atoms with E-state index in [0.29, 0.717) is 6.04 Å². The molecule has 1 N–H and O–H groups in total. The van der Waals surface area contributed by atoms with Crippen molar-refractivity contribution in [2.75, 3.05) is 18.6 Å². The van der Waals surface area contributed by atoms with Gasteiger partial charge < -0.3 is 5.32 Å². The molecule has 0 aromatic heterocycles. The van der Waals surface area contributed by atoms with Crippen LogP contribution in [0.15, 0.2) is 24.3 Å². The number of hydrogen-bond donors (Lipinski definition) is 1. The Kier molecular flexibility index (Phi) is 5.49. The first-order valence-corrected chi connectivity index (χ1v) is 8.47. The average Bonchev–Trinajstić information content (AvgIpc) is 2.87. The van der Waals surface area contributed by atoms with Crippen LogP contribution in [-0.4, -0.2) is 35.4 Å². The molecule has 1 aliphatic carbocycles. The molecule has 0 spiro atoms. The molecule has 0 radical (unpaired) electrons. The van der Waals surface area contributed by atoms with Gasteiger partial charge in [0.15, 0.2) is 0 Å². The van der Waals surface area contributed by atoms with Crippen LogP contribution in [-0.2, 0) is 11.3 Å². The van der Waals surface area contributed by atoms with Crippen LogP contribution in [0.3, 0.4) is 0 Å². The van der Waals surface area contributed by atoms with Gasteiger partial charge >= 0.3 is 0 Å². The van der Waals surface area contributed by atoms with E-state index >= 15 is 0 Å². The summed E-state index contributed by atoms with van der Waals surface area (Å²) in [5.74, 6) is -0.0193. The standard InChI is InChI=1S/C16H24N2OS/c1-12(19)17-14-6-4-5-13(9-14)11-18(2)15-7-8-16(10-15)20-3/h4-6,9,15-16H,7-8,10-11H2,1-3H3,(H,17,19)/t15-,16+/m1/s1. The summed E-state index contributed by atoms with van der Waals surface area (Å²) in [5.41, 5.74) is 2.14. The SMILES string of the molecule is CS[C@H]1CC[C@@H](N(C)Cc2cccc(NC(C)=O)c2)C1. The summed E-state index contributed by atoms with van der Waals surface area (Å²) in [7, 11) is 2.21. The Balaban J connectivity index is 1.94. The third-order valence-corrected chi connectivity index (χ3v) is 5.09. The van der Waals surface area contributed by atoms with Crippen molar-refractivity contribution in [1.29, 1.82) is 0 Å². The van der Waals surface area contributed by atoms with E-state index in [2.05, 4.69) is 35.7 Å². The lowest BCUT2D eigenvalue weighted by Gasteiger charge is -2.24. The van der Waals surface area contributed by atoms with E-state index < -0.39 is 0 Å². The van der Waals surface area contributed by atoms with Crippen molar-refractivity contribution in [3.05, 3.63) is 29.8 Å². The molecule has 0 saturated heterocycles. The molecule has 0 bridgehead atoms. The Morgan fingerprint density at radius 1 is 1.45 bits per heavy atom. The predicted octanol–water partition coefficient (Wildman–Crippen LogP) is 3.36. The van der Waals surface area contributed by atoms with Crippen LogP contribution in [0.1, 0.15) is 31.7 Å². The van der Waals surface area contributed by atoms with Gasteiger partial charge in [-0.2, -0.15) is 11.8 Å². The molecule has 0 heterocycles. The molecule has 0 aliphatic heterocycles. The minimum absolute atomic E-state index is 0.0193. The first-order chi connectivity index (χ1) is 9.58. The fourth-order valence-corrected chi connectivity index (χ4v) is 3.69. The Morgan fingerprint density at radius 3 is 2.90 bits per heavy atom. The predicted molar refractivity (Wildman–Crippen MR) is 87.2 cm³/mol. The summed E-state index contributed by atoms with van der Waals surface area (Å²) in [6.07, 6.45) is 6.14. The summed E-state index contributed by atoms with van der Waals surface area (Å²) >= 11 is 1.99. The molecule has 1 aromatic rings. The number of nitrogens with one attached hydrogen (secondary N) is 1.